The number of rotatable bonds is 7. The second-order valence-corrected chi connectivity index (χ2v) is 9.85. The molecule has 30 heavy (non-hydrogen) atoms. The van der Waals surface area contributed by atoms with E-state index in [-0.39, 0.29) is 22.9 Å². The van der Waals surface area contributed by atoms with Crippen LogP contribution in [0.15, 0.2) is 65.0 Å². The molecule has 0 saturated carbocycles. The molecule has 5 nitrogen and oxygen atoms in total. The summed E-state index contributed by atoms with van der Waals surface area (Å²) in [7, 11) is 0. The lowest BCUT2D eigenvalue weighted by Gasteiger charge is -2.18. The highest BCUT2D eigenvalue weighted by atomic mass is 32.2. The van der Waals surface area contributed by atoms with E-state index in [1.807, 2.05) is 30.3 Å². The molecule has 0 aliphatic rings. The summed E-state index contributed by atoms with van der Waals surface area (Å²) in [6, 6.07) is 17.3. The van der Waals surface area contributed by atoms with E-state index in [1.165, 1.54) is 34.7 Å². The number of ketones is 1. The number of hydrogen-bond donors (Lipinski definition) is 1. The summed E-state index contributed by atoms with van der Waals surface area (Å²) in [5.41, 5.74) is 2.96. The molecule has 0 atom stereocenters. The maximum atomic E-state index is 12.2. The first-order chi connectivity index (χ1) is 14.3. The van der Waals surface area contributed by atoms with Crippen molar-refractivity contribution in [1.82, 2.24) is 10.2 Å². The van der Waals surface area contributed by atoms with Crippen LogP contribution >= 0.6 is 23.1 Å². The van der Waals surface area contributed by atoms with E-state index < -0.39 is 0 Å². The molecule has 0 aliphatic carbocycles. The van der Waals surface area contributed by atoms with Crippen molar-refractivity contribution in [2.75, 3.05) is 11.1 Å². The van der Waals surface area contributed by atoms with Gasteiger partial charge < -0.3 is 0 Å². The van der Waals surface area contributed by atoms with Crippen LogP contribution in [0, 0.1) is 0 Å². The van der Waals surface area contributed by atoms with E-state index in [4.69, 9.17) is 0 Å². The van der Waals surface area contributed by atoms with Crippen LogP contribution < -0.4 is 5.32 Å². The van der Waals surface area contributed by atoms with Gasteiger partial charge in [0.15, 0.2) is 10.1 Å². The van der Waals surface area contributed by atoms with Gasteiger partial charge >= 0.3 is 0 Å². The molecule has 0 fully saturated rings. The van der Waals surface area contributed by atoms with E-state index in [0.717, 1.165) is 5.56 Å². The van der Waals surface area contributed by atoms with E-state index in [0.29, 0.717) is 15.0 Å². The van der Waals surface area contributed by atoms with Crippen LogP contribution in [0.3, 0.4) is 0 Å². The molecule has 0 saturated heterocycles. The Morgan fingerprint density at radius 1 is 1.03 bits per heavy atom. The maximum Gasteiger partial charge on any atom is 0.250 e. The zero-order valence-corrected chi connectivity index (χ0v) is 18.7. The van der Waals surface area contributed by atoms with Crippen molar-refractivity contribution in [1.29, 1.82) is 0 Å². The largest absolute Gasteiger partial charge is 0.297 e. The van der Waals surface area contributed by atoms with Crippen molar-refractivity contribution < 1.29 is 9.59 Å². The Labute approximate surface area is 184 Å². The third kappa shape index (κ3) is 6.37. The lowest BCUT2D eigenvalue weighted by atomic mass is 9.87. The van der Waals surface area contributed by atoms with Crippen LogP contribution in [-0.4, -0.2) is 27.6 Å². The Balaban J connectivity index is 1.51. The van der Waals surface area contributed by atoms with E-state index in [2.05, 4.69) is 48.4 Å². The van der Waals surface area contributed by atoms with Crippen molar-refractivity contribution in [3.8, 4) is 0 Å². The highest BCUT2D eigenvalue weighted by Gasteiger charge is 2.13. The second kappa shape index (κ2) is 9.82. The quantitative estimate of drug-likeness (QED) is 0.230. The Kier molecular flexibility index (Phi) is 7.18. The van der Waals surface area contributed by atoms with Crippen molar-refractivity contribution in [3.05, 3.63) is 77.4 Å². The minimum atomic E-state index is -0.275. The summed E-state index contributed by atoms with van der Waals surface area (Å²) in [6.45, 7) is 6.49. The number of hydrogen-bond acceptors (Lipinski definition) is 6. The smallest absolute Gasteiger partial charge is 0.250 e. The Morgan fingerprint density at radius 3 is 2.40 bits per heavy atom. The maximum absolute atomic E-state index is 12.2. The van der Waals surface area contributed by atoms with Gasteiger partial charge in [-0.2, -0.15) is 0 Å². The minimum Gasteiger partial charge on any atom is -0.297 e. The molecule has 3 aromatic rings. The number of nitrogens with one attached hydrogen (secondary N) is 1. The lowest BCUT2D eigenvalue weighted by molar-refractivity contribution is -0.111. The molecule has 1 aromatic heterocycles. The second-order valence-electron chi connectivity index (χ2n) is 7.65. The van der Waals surface area contributed by atoms with E-state index in [1.54, 1.807) is 18.2 Å². The van der Waals surface area contributed by atoms with Gasteiger partial charge in [-0.25, -0.2) is 0 Å². The van der Waals surface area contributed by atoms with Gasteiger partial charge in [0.2, 0.25) is 11.0 Å². The minimum absolute atomic E-state index is 0.0294. The first-order valence-electron chi connectivity index (χ1n) is 9.45. The van der Waals surface area contributed by atoms with Gasteiger partial charge in [-0.05, 0) is 22.6 Å². The predicted octanol–water partition coefficient (Wildman–Crippen LogP) is 5.46. The van der Waals surface area contributed by atoms with Gasteiger partial charge in [0.05, 0.1) is 5.75 Å². The number of carbonyl (C=O) groups is 2. The van der Waals surface area contributed by atoms with E-state index >= 15 is 0 Å². The highest BCUT2D eigenvalue weighted by molar-refractivity contribution is 8.01. The number of amides is 1. The third-order valence-corrected chi connectivity index (χ3v) is 6.23. The summed E-state index contributed by atoms with van der Waals surface area (Å²) < 4.78 is 0.635. The topological polar surface area (TPSA) is 72.0 Å². The van der Waals surface area contributed by atoms with Crippen LogP contribution in [0.1, 0.15) is 42.3 Å². The first-order valence-corrected chi connectivity index (χ1v) is 11.3. The average Bonchev–Trinajstić information content (AvgIpc) is 3.18. The molecule has 0 unspecified atom stereocenters. The fourth-order valence-electron chi connectivity index (χ4n) is 2.57. The number of nitrogens with zero attached hydrogens (tertiary/aromatic N) is 2. The molecular weight excluding hydrogens is 414 g/mol. The molecule has 0 bridgehead atoms. The predicted molar refractivity (Wildman–Crippen MR) is 124 cm³/mol. The Bertz CT molecular complexity index is 1040. The Hall–Kier alpha value is -2.77. The summed E-state index contributed by atoms with van der Waals surface area (Å²) in [5, 5.41) is 11.1. The van der Waals surface area contributed by atoms with Crippen molar-refractivity contribution in [2.45, 2.75) is 30.5 Å². The number of aromatic nitrogens is 2. The molecule has 2 aromatic carbocycles. The van der Waals surface area contributed by atoms with Crippen LogP contribution in [0.5, 0.6) is 0 Å². The first kappa shape index (κ1) is 21.9. The SMILES string of the molecule is CC(C)(C)c1ccc(C=CC(=O)Nc2nnc(SCC(=O)c3ccccc3)s2)cc1. The van der Waals surface area contributed by atoms with Crippen molar-refractivity contribution in [3.63, 3.8) is 0 Å². The van der Waals surface area contributed by atoms with Gasteiger partial charge in [-0.3, -0.25) is 14.9 Å². The summed E-state index contributed by atoms with van der Waals surface area (Å²) in [4.78, 5) is 24.3. The zero-order valence-electron chi connectivity index (χ0n) is 17.1. The molecule has 0 radical (unpaired) electrons. The number of thioether (sulfide) groups is 1. The van der Waals surface area contributed by atoms with Gasteiger partial charge in [-0.15, -0.1) is 10.2 Å². The molecular formula is C23H23N3O2S2. The lowest BCUT2D eigenvalue weighted by Crippen LogP contribution is -2.10. The number of anilines is 1. The molecule has 154 valence electrons. The summed E-state index contributed by atoms with van der Waals surface area (Å²) in [6.07, 6.45) is 3.23. The highest BCUT2D eigenvalue weighted by Crippen LogP contribution is 2.26. The standard InChI is InChI=1S/C23H23N3O2S2/c1-23(2,3)18-12-9-16(10-13-18)11-14-20(28)24-21-25-26-22(30-21)29-15-19(27)17-7-5-4-6-8-17/h4-14H,15H2,1-3H3,(H,24,25,28). The normalized spacial score (nSPS) is 11.6. The van der Waals surface area contributed by atoms with Crippen LogP contribution in [0.2, 0.25) is 0 Å². The number of Topliss-reactive ketones (excluding diaryl/α,β-unsaturated/α-hetero) is 1. The van der Waals surface area contributed by atoms with Crippen LogP contribution in [0.25, 0.3) is 6.08 Å². The monoisotopic (exact) mass is 437 g/mol. The number of carbonyl (C=O) groups excluding carboxylic acids is 2. The fourth-order valence-corrected chi connectivity index (χ4v) is 4.22. The van der Waals surface area contributed by atoms with Gasteiger partial charge in [0.25, 0.3) is 0 Å². The van der Waals surface area contributed by atoms with Gasteiger partial charge in [0.1, 0.15) is 0 Å². The van der Waals surface area contributed by atoms with Crippen LogP contribution in [0.4, 0.5) is 5.13 Å². The zero-order chi connectivity index (χ0) is 21.6. The fraction of sp³-hybridized carbons (Fsp3) is 0.217. The Morgan fingerprint density at radius 2 is 1.73 bits per heavy atom. The number of benzene rings is 2. The molecule has 1 amide bonds. The molecule has 1 heterocycles. The summed E-state index contributed by atoms with van der Waals surface area (Å²) in [5.74, 6) is 0.0293. The molecule has 0 spiro atoms. The molecule has 1 N–H and O–H groups in total. The third-order valence-electron chi connectivity index (χ3n) is 4.26. The van der Waals surface area contributed by atoms with Crippen molar-refractivity contribution >= 4 is 46.0 Å². The van der Waals surface area contributed by atoms with E-state index in [9.17, 15) is 9.59 Å². The average molecular weight is 438 g/mol. The van der Waals surface area contributed by atoms with Gasteiger partial charge in [-0.1, -0.05) is 98.5 Å². The van der Waals surface area contributed by atoms with Crippen LogP contribution in [-0.2, 0) is 10.2 Å². The van der Waals surface area contributed by atoms with Gasteiger partial charge in [0, 0.05) is 11.6 Å². The summed E-state index contributed by atoms with van der Waals surface area (Å²) >= 11 is 2.56. The molecule has 7 heteroatoms. The molecule has 0 aliphatic heterocycles. The van der Waals surface area contributed by atoms with Crippen molar-refractivity contribution in [2.24, 2.45) is 0 Å². The molecule has 3 rings (SSSR count).